The molecule has 0 aromatic heterocycles. The Morgan fingerprint density at radius 2 is 0.780 bits per heavy atom. The predicted molar refractivity (Wildman–Crippen MR) is 255 cm³/mol. The van der Waals surface area contributed by atoms with Gasteiger partial charge in [0.05, 0.1) is 25.4 Å². The second kappa shape index (κ2) is 49.3. The fraction of sp³-hybridized carbons (Fsp3) is 0.925. The van der Waals surface area contributed by atoms with Crippen LogP contribution in [-0.4, -0.2) is 47.4 Å². The van der Waals surface area contributed by atoms with Crippen LogP contribution in [0.15, 0.2) is 12.2 Å². The van der Waals surface area contributed by atoms with Gasteiger partial charge in [0.15, 0.2) is 0 Å². The maximum Gasteiger partial charge on any atom is 0.305 e. The minimum absolute atomic E-state index is 0.0164. The lowest BCUT2D eigenvalue weighted by atomic mass is 10.0. The van der Waals surface area contributed by atoms with Crippen LogP contribution in [0.3, 0.4) is 0 Å². The summed E-state index contributed by atoms with van der Waals surface area (Å²) >= 11 is 0. The number of aliphatic hydroxyl groups excluding tert-OH is 2. The number of hydrogen-bond acceptors (Lipinski definition) is 5. The van der Waals surface area contributed by atoms with E-state index in [-0.39, 0.29) is 18.5 Å². The number of carbonyl (C=O) groups is 2. The summed E-state index contributed by atoms with van der Waals surface area (Å²) in [6, 6.07) is -0.643. The third-order valence-corrected chi connectivity index (χ3v) is 12.3. The third kappa shape index (κ3) is 45.9. The van der Waals surface area contributed by atoms with Gasteiger partial charge < -0.3 is 20.3 Å². The zero-order valence-corrected chi connectivity index (χ0v) is 39.7. The Morgan fingerprint density at radius 1 is 0.458 bits per heavy atom. The van der Waals surface area contributed by atoms with E-state index in [1.54, 1.807) is 6.08 Å². The Morgan fingerprint density at radius 3 is 1.15 bits per heavy atom. The van der Waals surface area contributed by atoms with Crippen molar-refractivity contribution in [3.8, 4) is 0 Å². The van der Waals surface area contributed by atoms with Gasteiger partial charge in [-0.25, -0.2) is 0 Å². The molecule has 0 spiro atoms. The Bertz CT molecular complexity index is 878. The molecule has 350 valence electrons. The van der Waals surface area contributed by atoms with Crippen molar-refractivity contribution in [3.05, 3.63) is 12.2 Å². The van der Waals surface area contributed by atoms with Crippen LogP contribution in [0.25, 0.3) is 0 Å². The van der Waals surface area contributed by atoms with Crippen molar-refractivity contribution in [2.45, 2.75) is 302 Å². The SMILES string of the molecule is CCCCCCCCCCCCCC/C=C/C(O)C(CO)NC(=O)CCCCCCCCCCCCOC(=O)CCCCCCCCCCCCCCCCCCCC. The first-order valence-electron chi connectivity index (χ1n) is 26.5. The van der Waals surface area contributed by atoms with E-state index in [1.165, 1.54) is 205 Å². The quantitative estimate of drug-likeness (QED) is 0.0322. The topological polar surface area (TPSA) is 95.9 Å². The van der Waals surface area contributed by atoms with Crippen molar-refractivity contribution >= 4 is 11.9 Å². The molecular weight excluding hydrogens is 731 g/mol. The fourth-order valence-electron chi connectivity index (χ4n) is 8.22. The molecule has 0 saturated carbocycles. The lowest BCUT2D eigenvalue weighted by Crippen LogP contribution is -2.45. The summed E-state index contributed by atoms with van der Waals surface area (Å²) in [5.74, 6) is -0.106. The minimum Gasteiger partial charge on any atom is -0.466 e. The molecule has 0 rings (SSSR count). The number of hydrogen-bond donors (Lipinski definition) is 3. The number of carbonyl (C=O) groups excluding carboxylic acids is 2. The Hall–Kier alpha value is -1.40. The molecule has 0 fully saturated rings. The van der Waals surface area contributed by atoms with Crippen LogP contribution < -0.4 is 5.32 Å². The van der Waals surface area contributed by atoms with Crippen molar-refractivity contribution in [1.29, 1.82) is 0 Å². The molecule has 0 aliphatic rings. The monoisotopic (exact) mass is 834 g/mol. The largest absolute Gasteiger partial charge is 0.466 e. The normalized spacial score (nSPS) is 12.7. The Kier molecular flexibility index (Phi) is 48.1. The molecule has 3 N–H and O–H groups in total. The van der Waals surface area contributed by atoms with Gasteiger partial charge in [-0.2, -0.15) is 0 Å². The number of amides is 1. The maximum atomic E-state index is 12.4. The number of aliphatic hydroxyl groups is 2. The van der Waals surface area contributed by atoms with Gasteiger partial charge in [-0.1, -0.05) is 257 Å². The van der Waals surface area contributed by atoms with Gasteiger partial charge in [-0.15, -0.1) is 0 Å². The molecule has 1 amide bonds. The van der Waals surface area contributed by atoms with Crippen molar-refractivity contribution in [2.75, 3.05) is 13.2 Å². The average molecular weight is 834 g/mol. The molecule has 0 aliphatic carbocycles. The van der Waals surface area contributed by atoms with Gasteiger partial charge in [0.1, 0.15) is 0 Å². The second-order valence-corrected chi connectivity index (χ2v) is 18.2. The van der Waals surface area contributed by atoms with E-state index in [1.807, 2.05) is 6.08 Å². The van der Waals surface area contributed by atoms with Crippen LogP contribution in [-0.2, 0) is 14.3 Å². The molecule has 2 unspecified atom stereocenters. The summed E-state index contributed by atoms with van der Waals surface area (Å²) in [5.41, 5.74) is 0. The van der Waals surface area contributed by atoms with E-state index in [9.17, 15) is 19.8 Å². The predicted octanol–water partition coefficient (Wildman–Crippen LogP) is 15.7. The summed E-state index contributed by atoms with van der Waals surface area (Å²) < 4.78 is 5.47. The highest BCUT2D eigenvalue weighted by molar-refractivity contribution is 5.76. The van der Waals surface area contributed by atoms with Gasteiger partial charge in [-0.3, -0.25) is 9.59 Å². The van der Waals surface area contributed by atoms with Gasteiger partial charge >= 0.3 is 5.97 Å². The average Bonchev–Trinajstić information content (AvgIpc) is 3.24. The van der Waals surface area contributed by atoms with Crippen LogP contribution in [0, 0.1) is 0 Å². The van der Waals surface area contributed by atoms with Gasteiger partial charge in [0, 0.05) is 12.8 Å². The number of rotatable bonds is 49. The second-order valence-electron chi connectivity index (χ2n) is 18.2. The maximum absolute atomic E-state index is 12.4. The van der Waals surface area contributed by atoms with Gasteiger partial charge in [0.2, 0.25) is 5.91 Å². The first kappa shape index (κ1) is 57.6. The molecule has 6 heteroatoms. The Labute approximate surface area is 368 Å². The highest BCUT2D eigenvalue weighted by atomic mass is 16.5. The van der Waals surface area contributed by atoms with Gasteiger partial charge in [-0.05, 0) is 32.1 Å². The zero-order valence-electron chi connectivity index (χ0n) is 39.7. The molecular formula is C53H103NO5. The van der Waals surface area contributed by atoms with Crippen molar-refractivity contribution in [3.63, 3.8) is 0 Å². The molecule has 0 radical (unpaired) electrons. The molecule has 2 atom stereocenters. The molecule has 0 aromatic rings. The number of allylic oxidation sites excluding steroid dienone is 1. The van der Waals surface area contributed by atoms with E-state index < -0.39 is 12.1 Å². The lowest BCUT2D eigenvalue weighted by Gasteiger charge is -2.20. The molecule has 0 bridgehead atoms. The zero-order chi connectivity index (χ0) is 43.0. The number of ether oxygens (including phenoxy) is 1. The first-order chi connectivity index (χ1) is 29.0. The number of unbranched alkanes of at least 4 members (excludes halogenated alkanes) is 38. The molecule has 0 aromatic carbocycles. The van der Waals surface area contributed by atoms with Crippen LogP contribution in [0.1, 0.15) is 290 Å². The van der Waals surface area contributed by atoms with Crippen molar-refractivity contribution < 1.29 is 24.5 Å². The smallest absolute Gasteiger partial charge is 0.305 e. The standard InChI is InChI=1S/C53H103NO5/c1-3-5-7-9-11-13-15-17-19-20-21-22-24-26-31-35-39-43-47-53(58)59-48-44-40-36-32-28-27-30-34-38-42-46-52(57)54-50(49-55)51(56)45-41-37-33-29-25-23-18-16-14-12-10-8-6-4-2/h41,45,50-51,55-56H,3-40,42-44,46-49H2,1-2H3,(H,54,57)/b45-41+. The van der Waals surface area contributed by atoms with E-state index in [4.69, 9.17) is 4.74 Å². The molecule has 59 heavy (non-hydrogen) atoms. The summed E-state index contributed by atoms with van der Waals surface area (Å²) in [6.45, 7) is 4.86. The summed E-state index contributed by atoms with van der Waals surface area (Å²) in [7, 11) is 0. The van der Waals surface area contributed by atoms with Crippen molar-refractivity contribution in [1.82, 2.24) is 5.32 Å². The first-order valence-corrected chi connectivity index (χ1v) is 26.5. The highest BCUT2D eigenvalue weighted by Gasteiger charge is 2.18. The Balaban J connectivity index is 3.47. The van der Waals surface area contributed by atoms with Crippen LogP contribution in [0.2, 0.25) is 0 Å². The molecule has 0 saturated heterocycles. The van der Waals surface area contributed by atoms with Crippen LogP contribution in [0.4, 0.5) is 0 Å². The van der Waals surface area contributed by atoms with Gasteiger partial charge in [0.25, 0.3) is 0 Å². The number of nitrogens with one attached hydrogen (secondary N) is 1. The van der Waals surface area contributed by atoms with E-state index >= 15 is 0 Å². The highest BCUT2D eigenvalue weighted by Crippen LogP contribution is 2.17. The van der Waals surface area contributed by atoms with E-state index in [0.29, 0.717) is 19.4 Å². The van der Waals surface area contributed by atoms with Crippen LogP contribution in [0.5, 0.6) is 0 Å². The summed E-state index contributed by atoms with van der Waals surface area (Å²) in [5, 5.41) is 23.0. The summed E-state index contributed by atoms with van der Waals surface area (Å²) in [4.78, 5) is 24.5. The molecule has 0 aliphatic heterocycles. The minimum atomic E-state index is -0.857. The fourth-order valence-corrected chi connectivity index (χ4v) is 8.22. The van der Waals surface area contributed by atoms with Crippen LogP contribution >= 0.6 is 0 Å². The third-order valence-electron chi connectivity index (χ3n) is 12.3. The molecule has 6 nitrogen and oxygen atoms in total. The summed E-state index contributed by atoms with van der Waals surface area (Å²) in [6.07, 6.45) is 56.4. The van der Waals surface area contributed by atoms with E-state index in [2.05, 4.69) is 19.2 Å². The van der Waals surface area contributed by atoms with Crippen molar-refractivity contribution in [2.24, 2.45) is 0 Å². The van der Waals surface area contributed by atoms with E-state index in [0.717, 1.165) is 57.8 Å². The number of esters is 1. The molecule has 0 heterocycles. The lowest BCUT2D eigenvalue weighted by molar-refractivity contribution is -0.143.